The molecule has 1 heteroatoms. The Morgan fingerprint density at radius 1 is 0.714 bits per heavy atom. The first-order valence-corrected chi connectivity index (χ1v) is 9.22. The monoisotopic (exact) mass is 287 g/mol. The SMILES string of the molecule is c1ccc(CCNC2CCCCCCCCCCC2)cc1. The molecule has 1 aromatic rings. The fourth-order valence-electron chi connectivity index (χ4n) is 3.43. The summed E-state index contributed by atoms with van der Waals surface area (Å²) in [7, 11) is 0. The Morgan fingerprint density at radius 2 is 1.24 bits per heavy atom. The van der Waals surface area contributed by atoms with Crippen LogP contribution in [0.3, 0.4) is 0 Å². The maximum atomic E-state index is 3.82. The van der Waals surface area contributed by atoms with Gasteiger partial charge < -0.3 is 5.32 Å². The van der Waals surface area contributed by atoms with Crippen molar-refractivity contribution in [1.29, 1.82) is 0 Å². The van der Waals surface area contributed by atoms with Crippen LogP contribution in [0.5, 0.6) is 0 Å². The second-order valence-electron chi connectivity index (χ2n) is 6.65. The number of benzene rings is 1. The number of rotatable bonds is 4. The third kappa shape index (κ3) is 7.66. The number of nitrogens with one attached hydrogen (secondary N) is 1. The predicted molar refractivity (Wildman–Crippen MR) is 92.7 cm³/mol. The van der Waals surface area contributed by atoms with Gasteiger partial charge in [0.05, 0.1) is 0 Å². The summed E-state index contributed by atoms with van der Waals surface area (Å²) in [4.78, 5) is 0. The Morgan fingerprint density at radius 3 is 1.81 bits per heavy atom. The highest BCUT2D eigenvalue weighted by molar-refractivity contribution is 5.14. The van der Waals surface area contributed by atoms with E-state index >= 15 is 0 Å². The van der Waals surface area contributed by atoms with Gasteiger partial charge in [-0.1, -0.05) is 88.1 Å². The quantitative estimate of drug-likeness (QED) is 0.772. The molecule has 1 fully saturated rings. The molecule has 0 aliphatic heterocycles. The minimum atomic E-state index is 0.758. The zero-order valence-corrected chi connectivity index (χ0v) is 13.7. The lowest BCUT2D eigenvalue weighted by atomic mass is 9.98. The fraction of sp³-hybridized carbons (Fsp3) is 0.700. The minimum absolute atomic E-state index is 0.758. The maximum Gasteiger partial charge on any atom is 0.00671 e. The molecule has 0 atom stereocenters. The van der Waals surface area contributed by atoms with E-state index in [0.717, 1.165) is 19.0 Å². The molecule has 2 rings (SSSR count). The summed E-state index contributed by atoms with van der Waals surface area (Å²) < 4.78 is 0. The summed E-state index contributed by atoms with van der Waals surface area (Å²) in [5, 5.41) is 3.82. The van der Waals surface area contributed by atoms with Crippen molar-refractivity contribution in [1.82, 2.24) is 5.32 Å². The van der Waals surface area contributed by atoms with Gasteiger partial charge in [-0.25, -0.2) is 0 Å². The van der Waals surface area contributed by atoms with Gasteiger partial charge in [0.15, 0.2) is 0 Å². The smallest absolute Gasteiger partial charge is 0.00671 e. The van der Waals surface area contributed by atoms with E-state index in [2.05, 4.69) is 35.6 Å². The molecule has 1 N–H and O–H groups in total. The molecule has 1 aromatic carbocycles. The van der Waals surface area contributed by atoms with Gasteiger partial charge in [-0.3, -0.25) is 0 Å². The second-order valence-corrected chi connectivity index (χ2v) is 6.65. The van der Waals surface area contributed by atoms with Crippen molar-refractivity contribution in [3.05, 3.63) is 35.9 Å². The number of hydrogen-bond acceptors (Lipinski definition) is 1. The van der Waals surface area contributed by atoms with Crippen molar-refractivity contribution >= 4 is 0 Å². The van der Waals surface area contributed by atoms with Crippen LogP contribution in [-0.2, 0) is 6.42 Å². The molecule has 1 aliphatic rings. The van der Waals surface area contributed by atoms with Gasteiger partial charge in [-0.15, -0.1) is 0 Å². The van der Waals surface area contributed by atoms with E-state index in [9.17, 15) is 0 Å². The molecule has 0 saturated heterocycles. The first-order chi connectivity index (χ1) is 10.4. The molecule has 0 aromatic heterocycles. The first kappa shape index (κ1) is 16.5. The zero-order valence-electron chi connectivity index (χ0n) is 13.7. The third-order valence-corrected chi connectivity index (χ3v) is 4.79. The van der Waals surface area contributed by atoms with Crippen molar-refractivity contribution in [2.45, 2.75) is 83.1 Å². The van der Waals surface area contributed by atoms with Gasteiger partial charge in [0.25, 0.3) is 0 Å². The average molecular weight is 287 g/mol. The summed E-state index contributed by atoms with van der Waals surface area (Å²) in [5.74, 6) is 0. The van der Waals surface area contributed by atoms with E-state index in [0.29, 0.717) is 0 Å². The van der Waals surface area contributed by atoms with Crippen molar-refractivity contribution < 1.29 is 0 Å². The molecule has 1 nitrogen and oxygen atoms in total. The van der Waals surface area contributed by atoms with E-state index in [1.807, 2.05) is 0 Å². The molecular weight excluding hydrogens is 254 g/mol. The van der Waals surface area contributed by atoms with Crippen LogP contribution in [0.15, 0.2) is 30.3 Å². The predicted octanol–water partition coefficient (Wildman–Crippen LogP) is 5.49. The second kappa shape index (κ2) is 10.8. The van der Waals surface area contributed by atoms with Crippen LogP contribution in [-0.4, -0.2) is 12.6 Å². The highest BCUT2D eigenvalue weighted by Crippen LogP contribution is 2.17. The van der Waals surface area contributed by atoms with Crippen LogP contribution in [0.25, 0.3) is 0 Å². The highest BCUT2D eigenvalue weighted by Gasteiger charge is 2.08. The molecule has 0 spiro atoms. The summed E-state index contributed by atoms with van der Waals surface area (Å²) in [6.07, 6.45) is 17.0. The normalized spacial score (nSPS) is 19.6. The molecular formula is C20H33N. The van der Waals surface area contributed by atoms with E-state index in [4.69, 9.17) is 0 Å². The van der Waals surface area contributed by atoms with Crippen LogP contribution in [0.4, 0.5) is 0 Å². The lowest BCUT2D eigenvalue weighted by molar-refractivity contribution is 0.406. The van der Waals surface area contributed by atoms with Crippen LogP contribution in [0.1, 0.15) is 76.2 Å². The van der Waals surface area contributed by atoms with Crippen molar-refractivity contribution in [3.8, 4) is 0 Å². The van der Waals surface area contributed by atoms with Crippen LogP contribution in [0.2, 0.25) is 0 Å². The third-order valence-electron chi connectivity index (χ3n) is 4.79. The molecule has 0 unspecified atom stereocenters. The Labute approximate surface area is 131 Å². The van der Waals surface area contributed by atoms with Gasteiger partial charge in [-0.05, 0) is 31.4 Å². The Bertz CT molecular complexity index is 334. The molecule has 21 heavy (non-hydrogen) atoms. The van der Waals surface area contributed by atoms with Crippen molar-refractivity contribution in [2.75, 3.05) is 6.54 Å². The Hall–Kier alpha value is -0.820. The summed E-state index contributed by atoms with van der Waals surface area (Å²) in [6.45, 7) is 1.13. The Balaban J connectivity index is 1.67. The Kier molecular flexibility index (Phi) is 8.54. The van der Waals surface area contributed by atoms with Gasteiger partial charge in [-0.2, -0.15) is 0 Å². The molecule has 118 valence electrons. The molecule has 0 bridgehead atoms. The fourth-order valence-corrected chi connectivity index (χ4v) is 3.43. The molecule has 0 radical (unpaired) electrons. The van der Waals surface area contributed by atoms with Crippen molar-refractivity contribution in [3.63, 3.8) is 0 Å². The van der Waals surface area contributed by atoms with Gasteiger partial charge in [0.1, 0.15) is 0 Å². The summed E-state index contributed by atoms with van der Waals surface area (Å²) >= 11 is 0. The first-order valence-electron chi connectivity index (χ1n) is 9.22. The van der Waals surface area contributed by atoms with Crippen LogP contribution in [0, 0.1) is 0 Å². The lowest BCUT2D eigenvalue weighted by Gasteiger charge is -2.19. The van der Waals surface area contributed by atoms with Crippen molar-refractivity contribution in [2.24, 2.45) is 0 Å². The average Bonchev–Trinajstić information content (AvgIpc) is 2.51. The largest absolute Gasteiger partial charge is 0.314 e. The zero-order chi connectivity index (χ0) is 14.6. The lowest BCUT2D eigenvalue weighted by Crippen LogP contribution is -2.31. The van der Waals surface area contributed by atoms with Gasteiger partial charge in [0, 0.05) is 6.04 Å². The van der Waals surface area contributed by atoms with E-state index < -0.39 is 0 Å². The topological polar surface area (TPSA) is 12.0 Å². The van der Waals surface area contributed by atoms with E-state index in [-0.39, 0.29) is 0 Å². The molecule has 0 amide bonds. The molecule has 0 heterocycles. The molecule has 1 aliphatic carbocycles. The number of hydrogen-bond donors (Lipinski definition) is 1. The maximum absolute atomic E-state index is 3.82. The summed E-state index contributed by atoms with van der Waals surface area (Å²) in [6, 6.07) is 11.6. The van der Waals surface area contributed by atoms with Crippen LogP contribution >= 0.6 is 0 Å². The summed E-state index contributed by atoms with van der Waals surface area (Å²) in [5.41, 5.74) is 1.46. The standard InChI is InChI=1S/C20H33N/c1-2-4-6-11-15-20(16-12-7-5-3-1)21-18-17-19-13-9-8-10-14-19/h8-10,13-14,20-21H,1-7,11-12,15-18H2. The van der Waals surface area contributed by atoms with E-state index in [1.165, 1.54) is 76.2 Å². The van der Waals surface area contributed by atoms with Gasteiger partial charge in [0.2, 0.25) is 0 Å². The van der Waals surface area contributed by atoms with Gasteiger partial charge >= 0.3 is 0 Å². The molecule has 1 saturated carbocycles. The van der Waals surface area contributed by atoms with Crippen LogP contribution < -0.4 is 5.32 Å². The van der Waals surface area contributed by atoms with E-state index in [1.54, 1.807) is 0 Å². The highest BCUT2D eigenvalue weighted by atomic mass is 14.9. The minimum Gasteiger partial charge on any atom is -0.314 e.